The van der Waals surface area contributed by atoms with Crippen LogP contribution in [0.3, 0.4) is 0 Å². The summed E-state index contributed by atoms with van der Waals surface area (Å²) >= 11 is 0. The van der Waals surface area contributed by atoms with Gasteiger partial charge in [0.25, 0.3) is 0 Å². The minimum atomic E-state index is -0.775. The van der Waals surface area contributed by atoms with E-state index >= 15 is 0 Å². The first kappa shape index (κ1) is 68.1. The Labute approximate surface area is 440 Å². The minimum Gasteiger partial charge on any atom is -0.462 e. The molecule has 412 valence electrons. The third-order valence-corrected chi connectivity index (χ3v) is 13.5. The highest BCUT2D eigenvalue weighted by Gasteiger charge is 2.19. The molecule has 0 aliphatic rings. The summed E-state index contributed by atoms with van der Waals surface area (Å²) in [5.74, 6) is -0.887. The Morgan fingerprint density at radius 1 is 0.282 bits per heavy atom. The summed E-state index contributed by atoms with van der Waals surface area (Å²) in [6.45, 7) is 6.56. The Kier molecular flexibility index (Phi) is 57.2. The average Bonchev–Trinajstić information content (AvgIpc) is 3.37. The van der Waals surface area contributed by atoms with Crippen molar-refractivity contribution in [2.24, 2.45) is 0 Å². The fraction of sp³-hybridized carbons (Fsp3) is 0.800. The van der Waals surface area contributed by atoms with Gasteiger partial charge in [0.05, 0.1) is 0 Å². The van der Waals surface area contributed by atoms with E-state index in [0.29, 0.717) is 19.3 Å². The van der Waals surface area contributed by atoms with Crippen LogP contribution in [0, 0.1) is 0 Å². The van der Waals surface area contributed by atoms with Crippen molar-refractivity contribution in [3.63, 3.8) is 0 Å². The molecule has 0 amide bonds. The van der Waals surface area contributed by atoms with Gasteiger partial charge in [-0.15, -0.1) is 0 Å². The number of ether oxygens (including phenoxy) is 3. The summed E-state index contributed by atoms with van der Waals surface area (Å²) in [6, 6.07) is 0. The highest BCUT2D eigenvalue weighted by atomic mass is 16.6. The van der Waals surface area contributed by atoms with Crippen LogP contribution in [0.1, 0.15) is 316 Å². The van der Waals surface area contributed by atoms with Gasteiger partial charge >= 0.3 is 17.9 Å². The highest BCUT2D eigenvalue weighted by molar-refractivity contribution is 5.71. The average molecular weight is 994 g/mol. The summed E-state index contributed by atoms with van der Waals surface area (Å²) < 4.78 is 16.8. The van der Waals surface area contributed by atoms with E-state index in [1.165, 1.54) is 186 Å². The largest absolute Gasteiger partial charge is 0.462 e. The van der Waals surface area contributed by atoms with E-state index in [0.717, 1.165) is 89.9 Å². The SMILES string of the molecule is CCCCCCC/C=C\C/C=C\C/C=C\CCCCCCCCCCC(=O)OC(COC(=O)CCCCCCC)COC(=O)CCCCCCCCCCCCCCC/C=C\C/C=C\CCCCCCC. The van der Waals surface area contributed by atoms with E-state index in [9.17, 15) is 14.4 Å². The molecule has 1 atom stereocenters. The van der Waals surface area contributed by atoms with Gasteiger partial charge in [0.2, 0.25) is 0 Å². The Bertz CT molecular complexity index is 1280. The van der Waals surface area contributed by atoms with Crippen LogP contribution in [0.15, 0.2) is 60.8 Å². The quantitative estimate of drug-likeness (QED) is 0.0261. The predicted octanol–water partition coefficient (Wildman–Crippen LogP) is 20.8. The van der Waals surface area contributed by atoms with Crippen LogP contribution >= 0.6 is 0 Å². The number of rotatable bonds is 56. The molecule has 71 heavy (non-hydrogen) atoms. The van der Waals surface area contributed by atoms with Gasteiger partial charge in [0.15, 0.2) is 6.10 Å². The molecule has 0 saturated heterocycles. The molecular formula is C65H116O6. The molecule has 0 rings (SSSR count). The van der Waals surface area contributed by atoms with Gasteiger partial charge in [-0.3, -0.25) is 14.4 Å². The second-order valence-electron chi connectivity index (χ2n) is 20.6. The standard InChI is InChI=1S/C65H116O6/c1-4-7-10-13-15-17-19-21-23-25-27-29-31-32-34-35-37-39-41-43-45-47-49-52-55-58-64(67)70-61-62(60-69-63(66)57-54-51-12-9-6-3)71-65(68)59-56-53-50-48-46-44-42-40-38-36-33-30-28-26-24-22-20-18-16-14-11-8-5-2/h19-22,25-28,33,36,62H,4-18,23-24,29-32,34-35,37-61H2,1-3H3/b21-19-,22-20-,27-25-,28-26-,36-33-. The topological polar surface area (TPSA) is 78.9 Å². The molecule has 6 heteroatoms. The van der Waals surface area contributed by atoms with Crippen molar-refractivity contribution in [1.29, 1.82) is 0 Å². The molecular weight excluding hydrogens is 877 g/mol. The van der Waals surface area contributed by atoms with E-state index in [4.69, 9.17) is 14.2 Å². The normalized spacial score (nSPS) is 12.4. The molecule has 0 saturated carbocycles. The Balaban J connectivity index is 4.06. The van der Waals surface area contributed by atoms with E-state index < -0.39 is 6.10 Å². The van der Waals surface area contributed by atoms with Gasteiger partial charge in [-0.1, -0.05) is 268 Å². The fourth-order valence-electron chi connectivity index (χ4n) is 8.83. The molecule has 0 bridgehead atoms. The Morgan fingerprint density at radius 2 is 0.507 bits per heavy atom. The smallest absolute Gasteiger partial charge is 0.306 e. The molecule has 0 aromatic rings. The number of carbonyl (C=O) groups is 3. The predicted molar refractivity (Wildman–Crippen MR) is 307 cm³/mol. The van der Waals surface area contributed by atoms with Crippen molar-refractivity contribution in [2.45, 2.75) is 322 Å². The Morgan fingerprint density at radius 3 is 0.789 bits per heavy atom. The number of esters is 3. The van der Waals surface area contributed by atoms with Crippen LogP contribution in [0.25, 0.3) is 0 Å². The molecule has 0 radical (unpaired) electrons. The van der Waals surface area contributed by atoms with Crippen LogP contribution in [0.5, 0.6) is 0 Å². The first-order valence-electron chi connectivity index (χ1n) is 30.8. The summed E-state index contributed by atoms with van der Waals surface area (Å²) in [6.07, 6.45) is 75.5. The lowest BCUT2D eigenvalue weighted by Gasteiger charge is -2.18. The van der Waals surface area contributed by atoms with Gasteiger partial charge in [0.1, 0.15) is 13.2 Å². The van der Waals surface area contributed by atoms with Crippen molar-refractivity contribution in [2.75, 3.05) is 13.2 Å². The molecule has 0 N–H and O–H groups in total. The molecule has 0 spiro atoms. The van der Waals surface area contributed by atoms with Crippen molar-refractivity contribution >= 4 is 17.9 Å². The number of hydrogen-bond acceptors (Lipinski definition) is 6. The van der Waals surface area contributed by atoms with E-state index in [1.807, 2.05) is 0 Å². The molecule has 0 aliphatic carbocycles. The summed E-state index contributed by atoms with van der Waals surface area (Å²) in [5, 5.41) is 0. The van der Waals surface area contributed by atoms with Gasteiger partial charge < -0.3 is 14.2 Å². The summed E-state index contributed by atoms with van der Waals surface area (Å²) in [5.41, 5.74) is 0. The third-order valence-electron chi connectivity index (χ3n) is 13.5. The van der Waals surface area contributed by atoms with Crippen molar-refractivity contribution in [3.8, 4) is 0 Å². The maximum Gasteiger partial charge on any atom is 0.306 e. The molecule has 0 aromatic carbocycles. The summed E-state index contributed by atoms with van der Waals surface area (Å²) in [4.78, 5) is 37.9. The van der Waals surface area contributed by atoms with Gasteiger partial charge in [-0.05, 0) is 89.9 Å². The second-order valence-corrected chi connectivity index (χ2v) is 20.6. The zero-order valence-corrected chi connectivity index (χ0v) is 47.2. The number of carbonyl (C=O) groups excluding carboxylic acids is 3. The molecule has 6 nitrogen and oxygen atoms in total. The minimum absolute atomic E-state index is 0.0762. The third kappa shape index (κ3) is 57.9. The molecule has 0 aromatic heterocycles. The lowest BCUT2D eigenvalue weighted by molar-refractivity contribution is -0.167. The monoisotopic (exact) mass is 993 g/mol. The first-order chi connectivity index (χ1) is 35.0. The maximum atomic E-state index is 12.8. The highest BCUT2D eigenvalue weighted by Crippen LogP contribution is 2.16. The maximum absolute atomic E-state index is 12.8. The molecule has 1 unspecified atom stereocenters. The number of unbranched alkanes of at least 4 members (excludes halogenated alkanes) is 35. The van der Waals surface area contributed by atoms with Crippen LogP contribution in [0.2, 0.25) is 0 Å². The summed E-state index contributed by atoms with van der Waals surface area (Å²) in [7, 11) is 0. The molecule has 0 heterocycles. The zero-order chi connectivity index (χ0) is 51.4. The van der Waals surface area contributed by atoms with Crippen molar-refractivity contribution in [3.05, 3.63) is 60.8 Å². The molecule has 0 fully saturated rings. The van der Waals surface area contributed by atoms with Crippen molar-refractivity contribution < 1.29 is 28.6 Å². The van der Waals surface area contributed by atoms with Crippen LogP contribution in [-0.4, -0.2) is 37.2 Å². The van der Waals surface area contributed by atoms with Gasteiger partial charge in [0, 0.05) is 19.3 Å². The number of hydrogen-bond donors (Lipinski definition) is 0. The van der Waals surface area contributed by atoms with Gasteiger partial charge in [-0.2, -0.15) is 0 Å². The number of allylic oxidation sites excluding steroid dienone is 10. The fourth-order valence-corrected chi connectivity index (χ4v) is 8.83. The van der Waals surface area contributed by atoms with Gasteiger partial charge in [-0.25, -0.2) is 0 Å². The second kappa shape index (κ2) is 59.7. The van der Waals surface area contributed by atoms with E-state index in [1.54, 1.807) is 0 Å². The van der Waals surface area contributed by atoms with Crippen LogP contribution < -0.4 is 0 Å². The van der Waals surface area contributed by atoms with Crippen LogP contribution in [-0.2, 0) is 28.6 Å². The van der Waals surface area contributed by atoms with E-state index in [2.05, 4.69) is 81.5 Å². The Hall–Kier alpha value is -2.89. The van der Waals surface area contributed by atoms with Crippen molar-refractivity contribution in [1.82, 2.24) is 0 Å². The van der Waals surface area contributed by atoms with Crippen LogP contribution in [0.4, 0.5) is 0 Å². The first-order valence-corrected chi connectivity index (χ1v) is 30.8. The molecule has 0 aliphatic heterocycles. The lowest BCUT2D eigenvalue weighted by Crippen LogP contribution is -2.30. The zero-order valence-electron chi connectivity index (χ0n) is 47.2. The van der Waals surface area contributed by atoms with E-state index in [-0.39, 0.29) is 31.1 Å². The lowest BCUT2D eigenvalue weighted by atomic mass is 10.0.